The van der Waals surface area contributed by atoms with Crippen molar-refractivity contribution in [2.45, 2.75) is 31.5 Å². The number of benzene rings is 3. The van der Waals surface area contributed by atoms with Crippen LogP contribution in [0.5, 0.6) is 11.5 Å². The Labute approximate surface area is 203 Å². The molecule has 178 valence electrons. The summed E-state index contributed by atoms with van der Waals surface area (Å²) in [5.74, 6) is 0.0270. The van der Waals surface area contributed by atoms with E-state index in [-0.39, 0.29) is 25.8 Å². The third-order valence-electron chi connectivity index (χ3n) is 7.05. The molecule has 0 radical (unpaired) electrons. The molecule has 0 spiro atoms. The van der Waals surface area contributed by atoms with Crippen molar-refractivity contribution in [3.05, 3.63) is 94.5 Å². The van der Waals surface area contributed by atoms with Crippen LogP contribution in [-0.4, -0.2) is 36.8 Å². The summed E-state index contributed by atoms with van der Waals surface area (Å²) in [7, 11) is 0. The quantitative estimate of drug-likeness (QED) is 0.518. The molecule has 6 rings (SSSR count). The number of hydrogen-bond donors (Lipinski definition) is 0. The normalized spacial score (nSPS) is 22.3. The number of carbonyl (C=O) groups excluding carboxylic acids is 2. The Morgan fingerprint density at radius 1 is 1.06 bits per heavy atom. The molecule has 0 aromatic heterocycles. The fourth-order valence-electron chi connectivity index (χ4n) is 5.53. The van der Waals surface area contributed by atoms with Gasteiger partial charge in [0.1, 0.15) is 5.56 Å². The molecular weight excluding hydrogens is 446 g/mol. The molecule has 3 aliphatic heterocycles. The van der Waals surface area contributed by atoms with Gasteiger partial charge in [-0.05, 0) is 36.1 Å². The van der Waals surface area contributed by atoms with Crippen molar-refractivity contribution in [1.82, 2.24) is 4.90 Å². The number of esters is 2. The minimum atomic E-state index is -1.09. The SMILES string of the molecule is CCOC(=O)c1c(CC23C(=O)OC(c4ccccc4)N2CCc2ccccc23)ccc2c1OCO2. The van der Waals surface area contributed by atoms with Crippen LogP contribution in [0.1, 0.15) is 45.8 Å². The van der Waals surface area contributed by atoms with Gasteiger partial charge in [-0.1, -0.05) is 60.7 Å². The van der Waals surface area contributed by atoms with Gasteiger partial charge in [-0.25, -0.2) is 14.5 Å². The smallest absolute Gasteiger partial charge is 0.342 e. The molecule has 0 amide bonds. The first-order valence-electron chi connectivity index (χ1n) is 11.8. The summed E-state index contributed by atoms with van der Waals surface area (Å²) in [6.45, 7) is 2.65. The molecule has 3 aromatic rings. The van der Waals surface area contributed by atoms with E-state index in [2.05, 4.69) is 11.0 Å². The zero-order chi connectivity index (χ0) is 24.0. The van der Waals surface area contributed by atoms with Crippen LogP contribution in [0.15, 0.2) is 66.7 Å². The number of rotatable bonds is 5. The maximum absolute atomic E-state index is 13.9. The standard InChI is InChI=1S/C28H25NO6/c1-2-32-26(30)23-20(12-13-22-24(23)34-17-33-22)16-28-21-11-7-6-8-18(21)14-15-29(28)25(35-27(28)31)19-9-4-3-5-10-19/h3-13,25H,2,14-17H2,1H3. The van der Waals surface area contributed by atoms with Gasteiger partial charge in [0.15, 0.2) is 23.3 Å². The Morgan fingerprint density at radius 3 is 2.69 bits per heavy atom. The number of hydrogen-bond acceptors (Lipinski definition) is 7. The minimum Gasteiger partial charge on any atom is -0.462 e. The van der Waals surface area contributed by atoms with Crippen LogP contribution in [0.25, 0.3) is 0 Å². The van der Waals surface area contributed by atoms with Crippen molar-refractivity contribution in [1.29, 1.82) is 0 Å². The molecule has 35 heavy (non-hydrogen) atoms. The Hall–Kier alpha value is -3.84. The van der Waals surface area contributed by atoms with Crippen LogP contribution in [-0.2, 0) is 32.6 Å². The first-order valence-corrected chi connectivity index (χ1v) is 11.8. The van der Waals surface area contributed by atoms with Gasteiger partial charge in [0.05, 0.1) is 6.61 Å². The fourth-order valence-corrected chi connectivity index (χ4v) is 5.53. The monoisotopic (exact) mass is 471 g/mol. The van der Waals surface area contributed by atoms with Crippen molar-refractivity contribution in [2.75, 3.05) is 19.9 Å². The average Bonchev–Trinajstić information content (AvgIpc) is 3.47. The molecule has 2 atom stereocenters. The van der Waals surface area contributed by atoms with Gasteiger partial charge in [-0.3, -0.25) is 0 Å². The number of cyclic esters (lactones) is 1. The van der Waals surface area contributed by atoms with Gasteiger partial charge in [0.25, 0.3) is 0 Å². The number of fused-ring (bicyclic) bond motifs is 4. The van der Waals surface area contributed by atoms with Crippen LogP contribution in [0.2, 0.25) is 0 Å². The van der Waals surface area contributed by atoms with Crippen LogP contribution in [0, 0.1) is 0 Å². The van der Waals surface area contributed by atoms with E-state index in [1.807, 2.05) is 54.6 Å². The van der Waals surface area contributed by atoms with E-state index in [9.17, 15) is 9.59 Å². The molecule has 3 heterocycles. The van der Waals surface area contributed by atoms with Crippen LogP contribution < -0.4 is 9.47 Å². The highest BCUT2D eigenvalue weighted by Crippen LogP contribution is 2.51. The van der Waals surface area contributed by atoms with Crippen molar-refractivity contribution in [3.8, 4) is 11.5 Å². The van der Waals surface area contributed by atoms with Crippen molar-refractivity contribution >= 4 is 11.9 Å². The second-order valence-corrected chi connectivity index (χ2v) is 8.86. The van der Waals surface area contributed by atoms with Gasteiger partial charge in [-0.15, -0.1) is 0 Å². The van der Waals surface area contributed by atoms with Crippen LogP contribution in [0.4, 0.5) is 0 Å². The lowest BCUT2D eigenvalue weighted by molar-refractivity contribution is -0.146. The average molecular weight is 472 g/mol. The summed E-state index contributed by atoms with van der Waals surface area (Å²) in [5, 5.41) is 0. The lowest BCUT2D eigenvalue weighted by Crippen LogP contribution is -2.52. The minimum absolute atomic E-state index is 0.0312. The van der Waals surface area contributed by atoms with E-state index in [1.165, 1.54) is 0 Å². The highest BCUT2D eigenvalue weighted by molar-refractivity contribution is 5.96. The third kappa shape index (κ3) is 3.30. The summed E-state index contributed by atoms with van der Waals surface area (Å²) < 4.78 is 22.6. The molecule has 3 aromatic carbocycles. The fraction of sp³-hybridized carbons (Fsp3) is 0.286. The predicted octanol–water partition coefficient (Wildman–Crippen LogP) is 4.14. The molecule has 7 heteroatoms. The molecule has 7 nitrogen and oxygen atoms in total. The summed E-state index contributed by atoms with van der Waals surface area (Å²) in [5.41, 5.74) is 2.79. The van der Waals surface area contributed by atoms with Crippen molar-refractivity contribution in [3.63, 3.8) is 0 Å². The Balaban J connectivity index is 1.52. The van der Waals surface area contributed by atoms with E-state index in [4.69, 9.17) is 18.9 Å². The van der Waals surface area contributed by atoms with Gasteiger partial charge >= 0.3 is 11.9 Å². The maximum Gasteiger partial charge on any atom is 0.342 e. The number of ether oxygens (including phenoxy) is 4. The highest BCUT2D eigenvalue weighted by atomic mass is 16.7. The lowest BCUT2D eigenvalue weighted by Gasteiger charge is -2.41. The topological polar surface area (TPSA) is 74.3 Å². The van der Waals surface area contributed by atoms with Crippen LogP contribution in [0.3, 0.4) is 0 Å². The van der Waals surface area contributed by atoms with E-state index in [0.29, 0.717) is 29.2 Å². The first kappa shape index (κ1) is 21.7. The van der Waals surface area contributed by atoms with Crippen molar-refractivity contribution < 1.29 is 28.5 Å². The Kier molecular flexibility index (Phi) is 5.22. The first-order chi connectivity index (χ1) is 17.1. The molecule has 0 aliphatic carbocycles. The molecule has 0 saturated carbocycles. The van der Waals surface area contributed by atoms with Gasteiger partial charge in [0.2, 0.25) is 6.79 Å². The summed E-state index contributed by atoms with van der Waals surface area (Å²) >= 11 is 0. The predicted molar refractivity (Wildman–Crippen MR) is 126 cm³/mol. The van der Waals surface area contributed by atoms with Gasteiger partial charge in [0, 0.05) is 18.5 Å². The van der Waals surface area contributed by atoms with E-state index < -0.39 is 17.7 Å². The Morgan fingerprint density at radius 2 is 1.86 bits per heavy atom. The third-order valence-corrected chi connectivity index (χ3v) is 7.05. The van der Waals surface area contributed by atoms with E-state index >= 15 is 0 Å². The van der Waals surface area contributed by atoms with E-state index in [1.54, 1.807) is 13.0 Å². The second kappa shape index (κ2) is 8.43. The Bertz CT molecular complexity index is 1310. The van der Waals surface area contributed by atoms with Gasteiger partial charge < -0.3 is 18.9 Å². The molecule has 0 N–H and O–H groups in total. The lowest BCUT2D eigenvalue weighted by atomic mass is 9.76. The largest absolute Gasteiger partial charge is 0.462 e. The summed E-state index contributed by atoms with van der Waals surface area (Å²) in [6.07, 6.45) is 0.512. The van der Waals surface area contributed by atoms with Crippen LogP contribution >= 0.6 is 0 Å². The number of nitrogens with zero attached hydrogens (tertiary/aromatic N) is 1. The highest BCUT2D eigenvalue weighted by Gasteiger charge is 2.59. The molecule has 0 bridgehead atoms. The number of carbonyl (C=O) groups is 2. The second-order valence-electron chi connectivity index (χ2n) is 8.86. The molecule has 1 fully saturated rings. The zero-order valence-electron chi connectivity index (χ0n) is 19.4. The maximum atomic E-state index is 13.9. The van der Waals surface area contributed by atoms with E-state index in [0.717, 1.165) is 23.1 Å². The van der Waals surface area contributed by atoms with Crippen molar-refractivity contribution in [2.24, 2.45) is 0 Å². The summed E-state index contributed by atoms with van der Waals surface area (Å²) in [4.78, 5) is 29.1. The zero-order valence-corrected chi connectivity index (χ0v) is 19.4. The molecular formula is C28H25NO6. The summed E-state index contributed by atoms with van der Waals surface area (Å²) in [6, 6.07) is 21.4. The van der Waals surface area contributed by atoms with Gasteiger partial charge in [-0.2, -0.15) is 0 Å². The molecule has 2 unspecified atom stereocenters. The molecule has 3 aliphatic rings. The molecule has 1 saturated heterocycles.